The molecule has 2 rings (SSSR count). The lowest BCUT2D eigenvalue weighted by molar-refractivity contribution is 0.0519. The van der Waals surface area contributed by atoms with E-state index in [9.17, 15) is 4.79 Å². The van der Waals surface area contributed by atoms with Crippen LogP contribution in [0.4, 0.5) is 0 Å². The molecule has 0 amide bonds. The number of thiazole rings is 1. The molecule has 0 saturated carbocycles. The number of carbonyl (C=O) groups is 1. The van der Waals surface area contributed by atoms with Crippen LogP contribution in [0.3, 0.4) is 0 Å². The van der Waals surface area contributed by atoms with Crippen LogP contribution in [0.2, 0.25) is 0 Å². The summed E-state index contributed by atoms with van der Waals surface area (Å²) in [7, 11) is 0. The molecule has 1 aromatic carbocycles. The van der Waals surface area contributed by atoms with Gasteiger partial charge < -0.3 is 4.74 Å². The third kappa shape index (κ3) is 2.96. The summed E-state index contributed by atoms with van der Waals surface area (Å²) in [4.78, 5) is 16.9. The summed E-state index contributed by atoms with van der Waals surface area (Å²) < 4.78 is 4.98. The highest BCUT2D eigenvalue weighted by atomic mass is 32.1. The fourth-order valence-corrected chi connectivity index (χ4v) is 2.64. The molecule has 0 unspecified atom stereocenters. The van der Waals surface area contributed by atoms with Crippen molar-refractivity contribution in [1.82, 2.24) is 4.98 Å². The summed E-state index contributed by atoms with van der Waals surface area (Å²) in [6.07, 6.45) is 0.756. The van der Waals surface area contributed by atoms with Gasteiger partial charge in [-0.1, -0.05) is 30.3 Å². The number of hydrogen-bond acceptors (Lipinski definition) is 4. The Morgan fingerprint density at radius 2 is 2.06 bits per heavy atom. The van der Waals surface area contributed by atoms with E-state index in [2.05, 4.69) is 17.1 Å². The third-order valence-electron chi connectivity index (χ3n) is 2.51. The first-order valence-electron chi connectivity index (χ1n) is 5.88. The highest BCUT2D eigenvalue weighted by Gasteiger charge is 2.16. The number of benzene rings is 1. The van der Waals surface area contributed by atoms with Gasteiger partial charge in [-0.25, -0.2) is 9.78 Å². The van der Waals surface area contributed by atoms with Crippen molar-refractivity contribution < 1.29 is 9.53 Å². The molecular weight excluding hydrogens is 246 g/mol. The van der Waals surface area contributed by atoms with E-state index < -0.39 is 0 Å². The predicted octanol–water partition coefficient (Wildman–Crippen LogP) is 3.22. The summed E-state index contributed by atoms with van der Waals surface area (Å²) in [5, 5.41) is 0.946. The molecule has 1 heterocycles. The highest BCUT2D eigenvalue weighted by molar-refractivity contribution is 7.11. The fraction of sp³-hybridized carbons (Fsp3) is 0.286. The molecule has 18 heavy (non-hydrogen) atoms. The summed E-state index contributed by atoms with van der Waals surface area (Å²) >= 11 is 1.55. The number of hydrogen-bond donors (Lipinski definition) is 0. The molecule has 0 atom stereocenters. The van der Waals surface area contributed by atoms with Crippen molar-refractivity contribution in [3.8, 4) is 0 Å². The summed E-state index contributed by atoms with van der Waals surface area (Å²) in [6.45, 7) is 4.08. The average molecular weight is 261 g/mol. The normalized spacial score (nSPS) is 10.3. The zero-order valence-corrected chi connectivity index (χ0v) is 11.3. The van der Waals surface area contributed by atoms with Gasteiger partial charge in [0.2, 0.25) is 0 Å². The molecule has 0 fully saturated rings. The van der Waals surface area contributed by atoms with Gasteiger partial charge in [-0.05, 0) is 19.4 Å². The second kappa shape index (κ2) is 5.78. The molecule has 0 bridgehead atoms. The van der Waals surface area contributed by atoms with Gasteiger partial charge in [0.1, 0.15) is 0 Å². The van der Waals surface area contributed by atoms with Gasteiger partial charge in [-0.15, -0.1) is 11.3 Å². The van der Waals surface area contributed by atoms with Crippen LogP contribution in [-0.2, 0) is 11.2 Å². The SMILES string of the molecule is CCOC(=O)c1nc(Cc2ccccc2)sc1C. The lowest BCUT2D eigenvalue weighted by Crippen LogP contribution is -2.06. The predicted molar refractivity (Wildman–Crippen MR) is 72.1 cm³/mol. The fourth-order valence-electron chi connectivity index (χ4n) is 1.69. The summed E-state index contributed by atoms with van der Waals surface area (Å²) in [5.41, 5.74) is 1.65. The third-order valence-corrected chi connectivity index (χ3v) is 3.48. The molecule has 0 aliphatic carbocycles. The molecule has 1 aromatic heterocycles. The Balaban J connectivity index is 2.16. The first-order chi connectivity index (χ1) is 8.70. The van der Waals surface area contributed by atoms with Crippen molar-refractivity contribution in [2.75, 3.05) is 6.61 Å². The number of carbonyl (C=O) groups excluding carboxylic acids is 1. The molecule has 0 aliphatic rings. The standard InChI is InChI=1S/C14H15NO2S/c1-3-17-14(16)13-10(2)18-12(15-13)9-11-7-5-4-6-8-11/h4-8H,3,9H2,1-2H3. The van der Waals surface area contributed by atoms with Crippen molar-refractivity contribution >= 4 is 17.3 Å². The quantitative estimate of drug-likeness (QED) is 0.793. The molecule has 2 aromatic rings. The maximum absolute atomic E-state index is 11.7. The number of aryl methyl sites for hydroxylation is 1. The van der Waals surface area contributed by atoms with Crippen LogP contribution in [0, 0.1) is 6.92 Å². The monoisotopic (exact) mass is 261 g/mol. The second-order valence-corrected chi connectivity index (χ2v) is 5.18. The van der Waals surface area contributed by atoms with Crippen LogP contribution >= 0.6 is 11.3 Å². The first-order valence-corrected chi connectivity index (χ1v) is 6.69. The van der Waals surface area contributed by atoms with Crippen molar-refractivity contribution in [3.05, 3.63) is 51.5 Å². The van der Waals surface area contributed by atoms with E-state index in [-0.39, 0.29) is 5.97 Å². The molecule has 0 aliphatic heterocycles. The Morgan fingerprint density at radius 3 is 2.72 bits per heavy atom. The zero-order valence-electron chi connectivity index (χ0n) is 10.5. The molecule has 0 saturated heterocycles. The Hall–Kier alpha value is -1.68. The minimum atomic E-state index is -0.328. The molecule has 0 N–H and O–H groups in total. The number of ether oxygens (including phenoxy) is 1. The Morgan fingerprint density at radius 1 is 1.33 bits per heavy atom. The van der Waals surface area contributed by atoms with E-state index in [4.69, 9.17) is 4.74 Å². The second-order valence-electron chi connectivity index (χ2n) is 3.90. The van der Waals surface area contributed by atoms with Crippen LogP contribution in [0.25, 0.3) is 0 Å². The topological polar surface area (TPSA) is 39.2 Å². The van der Waals surface area contributed by atoms with E-state index in [0.717, 1.165) is 16.3 Å². The van der Waals surface area contributed by atoms with E-state index in [1.807, 2.05) is 25.1 Å². The molecular formula is C14H15NO2S. The van der Waals surface area contributed by atoms with Crippen LogP contribution in [-0.4, -0.2) is 17.6 Å². The maximum Gasteiger partial charge on any atom is 0.358 e. The van der Waals surface area contributed by atoms with Gasteiger partial charge in [0.05, 0.1) is 11.6 Å². The van der Waals surface area contributed by atoms with E-state index in [1.165, 1.54) is 5.56 Å². The largest absolute Gasteiger partial charge is 0.461 e. The van der Waals surface area contributed by atoms with Gasteiger partial charge >= 0.3 is 5.97 Å². The van der Waals surface area contributed by atoms with Gasteiger partial charge in [-0.3, -0.25) is 0 Å². The Labute approximate surface area is 110 Å². The average Bonchev–Trinajstić information content (AvgIpc) is 2.72. The van der Waals surface area contributed by atoms with E-state index in [1.54, 1.807) is 18.3 Å². The lowest BCUT2D eigenvalue weighted by Gasteiger charge is -1.98. The van der Waals surface area contributed by atoms with E-state index >= 15 is 0 Å². The molecule has 3 nitrogen and oxygen atoms in total. The first kappa shape index (κ1) is 12.8. The van der Waals surface area contributed by atoms with Crippen LogP contribution in [0.1, 0.15) is 32.9 Å². The number of nitrogens with zero attached hydrogens (tertiary/aromatic N) is 1. The maximum atomic E-state index is 11.7. The smallest absolute Gasteiger partial charge is 0.358 e. The summed E-state index contributed by atoms with van der Waals surface area (Å²) in [6, 6.07) is 10.1. The Kier molecular flexibility index (Phi) is 4.10. The van der Waals surface area contributed by atoms with Gasteiger partial charge in [0.25, 0.3) is 0 Å². The van der Waals surface area contributed by atoms with Crippen LogP contribution < -0.4 is 0 Å². The minimum absolute atomic E-state index is 0.328. The van der Waals surface area contributed by atoms with Crippen LogP contribution in [0.5, 0.6) is 0 Å². The molecule has 0 spiro atoms. The number of esters is 1. The van der Waals surface area contributed by atoms with Crippen molar-refractivity contribution in [2.24, 2.45) is 0 Å². The molecule has 94 valence electrons. The Bertz CT molecular complexity index is 534. The highest BCUT2D eigenvalue weighted by Crippen LogP contribution is 2.21. The van der Waals surface area contributed by atoms with Crippen molar-refractivity contribution in [2.45, 2.75) is 20.3 Å². The van der Waals surface area contributed by atoms with Gasteiger partial charge in [0, 0.05) is 11.3 Å². The number of aromatic nitrogens is 1. The molecule has 0 radical (unpaired) electrons. The van der Waals surface area contributed by atoms with E-state index in [0.29, 0.717) is 12.3 Å². The lowest BCUT2D eigenvalue weighted by atomic mass is 10.2. The molecule has 4 heteroatoms. The zero-order chi connectivity index (χ0) is 13.0. The van der Waals surface area contributed by atoms with Gasteiger partial charge in [0.15, 0.2) is 5.69 Å². The number of rotatable bonds is 4. The minimum Gasteiger partial charge on any atom is -0.461 e. The van der Waals surface area contributed by atoms with Crippen molar-refractivity contribution in [1.29, 1.82) is 0 Å². The van der Waals surface area contributed by atoms with Gasteiger partial charge in [-0.2, -0.15) is 0 Å². The van der Waals surface area contributed by atoms with Crippen LogP contribution in [0.15, 0.2) is 30.3 Å². The van der Waals surface area contributed by atoms with Crippen molar-refractivity contribution in [3.63, 3.8) is 0 Å². The summed E-state index contributed by atoms with van der Waals surface area (Å²) in [5.74, 6) is -0.328.